The molecule has 3 heteroatoms. The molecule has 1 aliphatic rings. The number of hydrogen-bond donors (Lipinski definition) is 2. The van der Waals surface area contributed by atoms with Gasteiger partial charge in [0.05, 0.1) is 0 Å². The minimum absolute atomic E-state index is 0.297. The van der Waals surface area contributed by atoms with Gasteiger partial charge >= 0.3 is 0 Å². The van der Waals surface area contributed by atoms with Crippen molar-refractivity contribution in [1.82, 2.24) is 10.3 Å². The fourth-order valence-corrected chi connectivity index (χ4v) is 3.26. The van der Waals surface area contributed by atoms with E-state index in [2.05, 4.69) is 28.5 Å². The summed E-state index contributed by atoms with van der Waals surface area (Å²) < 4.78 is 0. The van der Waals surface area contributed by atoms with Crippen molar-refractivity contribution in [2.45, 2.75) is 38.3 Å². The molecule has 1 saturated carbocycles. The number of aliphatic hydroxyl groups is 1. The van der Waals surface area contributed by atoms with E-state index in [1.54, 1.807) is 0 Å². The second kappa shape index (κ2) is 6.33. The lowest BCUT2D eigenvalue weighted by molar-refractivity contribution is 0.152. The molecule has 20 heavy (non-hydrogen) atoms. The molecule has 1 aromatic heterocycles. The van der Waals surface area contributed by atoms with E-state index in [0.717, 1.165) is 13.0 Å². The van der Waals surface area contributed by atoms with Crippen molar-refractivity contribution in [2.24, 2.45) is 5.92 Å². The van der Waals surface area contributed by atoms with Crippen LogP contribution >= 0.6 is 0 Å². The first kappa shape index (κ1) is 13.5. The van der Waals surface area contributed by atoms with E-state index in [1.807, 2.05) is 18.5 Å². The predicted octanol–water partition coefficient (Wildman–Crippen LogP) is 2.88. The summed E-state index contributed by atoms with van der Waals surface area (Å²) in [4.78, 5) is 4.33. The standard InChI is InChI=1S/C17H22N2O/c20-12-14-6-2-4-8-17(14)19-11-15-10-18-9-13-5-1-3-7-16(13)15/h1,3,5,7,9-10,14,17,19-20H,2,4,6,8,11-12H2. The van der Waals surface area contributed by atoms with Crippen molar-refractivity contribution in [3.8, 4) is 0 Å². The van der Waals surface area contributed by atoms with Crippen LogP contribution in [-0.2, 0) is 6.54 Å². The molecule has 2 aromatic rings. The van der Waals surface area contributed by atoms with Crippen molar-refractivity contribution in [3.63, 3.8) is 0 Å². The molecule has 1 aromatic carbocycles. The lowest BCUT2D eigenvalue weighted by Gasteiger charge is -2.31. The Kier molecular flexibility index (Phi) is 4.28. The summed E-state index contributed by atoms with van der Waals surface area (Å²) in [6.07, 6.45) is 8.69. The lowest BCUT2D eigenvalue weighted by atomic mass is 9.85. The molecule has 2 atom stereocenters. The van der Waals surface area contributed by atoms with E-state index in [0.29, 0.717) is 18.6 Å². The maximum absolute atomic E-state index is 9.48. The fourth-order valence-electron chi connectivity index (χ4n) is 3.26. The smallest absolute Gasteiger partial charge is 0.0474 e. The SMILES string of the molecule is OCC1CCCCC1NCc1cncc2ccccc12. The molecule has 0 radical (unpaired) electrons. The van der Waals surface area contributed by atoms with Gasteiger partial charge in [-0.15, -0.1) is 0 Å². The third kappa shape index (κ3) is 2.84. The highest BCUT2D eigenvalue weighted by Gasteiger charge is 2.23. The molecular weight excluding hydrogens is 248 g/mol. The highest BCUT2D eigenvalue weighted by atomic mass is 16.3. The molecule has 0 aliphatic heterocycles. The van der Waals surface area contributed by atoms with Crippen LogP contribution < -0.4 is 5.32 Å². The quantitative estimate of drug-likeness (QED) is 0.898. The Labute approximate surface area is 120 Å². The summed E-state index contributed by atoms with van der Waals surface area (Å²) in [6, 6.07) is 8.81. The Hall–Kier alpha value is -1.45. The highest BCUT2D eigenvalue weighted by molar-refractivity contribution is 5.84. The third-order valence-corrected chi connectivity index (χ3v) is 4.45. The van der Waals surface area contributed by atoms with E-state index in [1.165, 1.54) is 35.6 Å². The van der Waals surface area contributed by atoms with Gasteiger partial charge in [-0.1, -0.05) is 37.1 Å². The molecule has 2 unspecified atom stereocenters. The van der Waals surface area contributed by atoms with Crippen LogP contribution in [0.3, 0.4) is 0 Å². The number of nitrogens with one attached hydrogen (secondary N) is 1. The van der Waals surface area contributed by atoms with Crippen molar-refractivity contribution in [3.05, 3.63) is 42.2 Å². The third-order valence-electron chi connectivity index (χ3n) is 4.45. The maximum atomic E-state index is 9.48. The summed E-state index contributed by atoms with van der Waals surface area (Å²) in [6.45, 7) is 1.13. The van der Waals surface area contributed by atoms with Crippen molar-refractivity contribution in [2.75, 3.05) is 6.61 Å². The van der Waals surface area contributed by atoms with Crippen molar-refractivity contribution in [1.29, 1.82) is 0 Å². The average molecular weight is 270 g/mol. The molecule has 3 rings (SSSR count). The van der Waals surface area contributed by atoms with E-state index < -0.39 is 0 Å². The molecule has 3 nitrogen and oxygen atoms in total. The number of benzene rings is 1. The molecule has 1 fully saturated rings. The van der Waals surface area contributed by atoms with Gasteiger partial charge in [-0.3, -0.25) is 4.98 Å². The summed E-state index contributed by atoms with van der Waals surface area (Å²) in [5.41, 5.74) is 1.24. The molecule has 1 aliphatic carbocycles. The first-order valence-electron chi connectivity index (χ1n) is 7.54. The van der Waals surface area contributed by atoms with Gasteiger partial charge in [-0.05, 0) is 29.7 Å². The molecule has 0 spiro atoms. The number of aliphatic hydroxyl groups excluding tert-OH is 1. The molecule has 0 saturated heterocycles. The minimum atomic E-state index is 0.297. The van der Waals surface area contributed by atoms with Crippen LogP contribution in [0.1, 0.15) is 31.2 Å². The van der Waals surface area contributed by atoms with E-state index in [4.69, 9.17) is 0 Å². The predicted molar refractivity (Wildman–Crippen MR) is 81.4 cm³/mol. The Morgan fingerprint density at radius 2 is 2.00 bits per heavy atom. The molecule has 1 heterocycles. The molecule has 0 amide bonds. The van der Waals surface area contributed by atoms with Gasteiger partial charge in [0.15, 0.2) is 0 Å². The Bertz CT molecular complexity index is 564. The monoisotopic (exact) mass is 270 g/mol. The van der Waals surface area contributed by atoms with Gasteiger partial charge in [0.25, 0.3) is 0 Å². The second-order valence-electron chi connectivity index (χ2n) is 5.73. The summed E-state index contributed by atoms with van der Waals surface area (Å²) >= 11 is 0. The Morgan fingerprint density at radius 1 is 1.15 bits per heavy atom. The van der Waals surface area contributed by atoms with Crippen molar-refractivity contribution < 1.29 is 5.11 Å². The zero-order chi connectivity index (χ0) is 13.8. The van der Waals surface area contributed by atoms with Crippen LogP contribution in [0.5, 0.6) is 0 Å². The van der Waals surface area contributed by atoms with Gasteiger partial charge in [0.2, 0.25) is 0 Å². The maximum Gasteiger partial charge on any atom is 0.0474 e. The number of aromatic nitrogens is 1. The first-order valence-corrected chi connectivity index (χ1v) is 7.54. The largest absolute Gasteiger partial charge is 0.396 e. The van der Waals surface area contributed by atoms with Crippen LogP contribution in [0.2, 0.25) is 0 Å². The topological polar surface area (TPSA) is 45.1 Å². The Morgan fingerprint density at radius 3 is 2.90 bits per heavy atom. The molecule has 2 N–H and O–H groups in total. The summed E-state index contributed by atoms with van der Waals surface area (Å²) in [7, 11) is 0. The molecule has 0 bridgehead atoms. The zero-order valence-electron chi connectivity index (χ0n) is 11.8. The molecular formula is C17H22N2O. The number of nitrogens with zero attached hydrogens (tertiary/aromatic N) is 1. The molecule has 106 valence electrons. The highest BCUT2D eigenvalue weighted by Crippen LogP contribution is 2.25. The lowest BCUT2D eigenvalue weighted by Crippen LogP contribution is -2.39. The first-order chi connectivity index (χ1) is 9.88. The van der Waals surface area contributed by atoms with Crippen molar-refractivity contribution >= 4 is 10.8 Å². The Balaban J connectivity index is 1.73. The number of pyridine rings is 1. The summed E-state index contributed by atoms with van der Waals surface area (Å²) in [5, 5.41) is 15.6. The zero-order valence-corrected chi connectivity index (χ0v) is 11.8. The van der Waals surface area contributed by atoms with Gasteiger partial charge in [-0.2, -0.15) is 0 Å². The van der Waals surface area contributed by atoms with Crippen LogP contribution in [-0.4, -0.2) is 22.7 Å². The van der Waals surface area contributed by atoms with E-state index >= 15 is 0 Å². The number of hydrogen-bond acceptors (Lipinski definition) is 3. The van der Waals surface area contributed by atoms with Crippen LogP contribution in [0.25, 0.3) is 10.8 Å². The van der Waals surface area contributed by atoms with Gasteiger partial charge < -0.3 is 10.4 Å². The van der Waals surface area contributed by atoms with Crippen LogP contribution in [0.15, 0.2) is 36.7 Å². The van der Waals surface area contributed by atoms with Crippen LogP contribution in [0.4, 0.5) is 0 Å². The second-order valence-corrected chi connectivity index (χ2v) is 5.73. The van der Waals surface area contributed by atoms with Crippen LogP contribution in [0, 0.1) is 5.92 Å². The number of rotatable bonds is 4. The van der Waals surface area contributed by atoms with Gasteiger partial charge in [0.1, 0.15) is 0 Å². The fraction of sp³-hybridized carbons (Fsp3) is 0.471. The number of fused-ring (bicyclic) bond motifs is 1. The van der Waals surface area contributed by atoms with E-state index in [-0.39, 0.29) is 0 Å². The minimum Gasteiger partial charge on any atom is -0.396 e. The normalized spacial score (nSPS) is 23.1. The average Bonchev–Trinajstić information content (AvgIpc) is 2.53. The van der Waals surface area contributed by atoms with E-state index in [9.17, 15) is 5.11 Å². The van der Waals surface area contributed by atoms with Gasteiger partial charge in [-0.25, -0.2) is 0 Å². The van der Waals surface area contributed by atoms with Gasteiger partial charge in [0, 0.05) is 37.0 Å². The summed E-state index contributed by atoms with van der Waals surface area (Å²) in [5.74, 6) is 0.409.